The van der Waals surface area contributed by atoms with Gasteiger partial charge in [0.25, 0.3) is 5.91 Å². The first-order chi connectivity index (χ1) is 11.8. The number of nitrogens with zero attached hydrogens (tertiary/aromatic N) is 1. The van der Waals surface area contributed by atoms with Crippen molar-refractivity contribution < 1.29 is 14.7 Å². The molecule has 1 aromatic carbocycles. The van der Waals surface area contributed by atoms with Gasteiger partial charge in [-0.3, -0.25) is 9.69 Å². The van der Waals surface area contributed by atoms with Crippen LogP contribution in [0.2, 0.25) is 0 Å². The summed E-state index contributed by atoms with van der Waals surface area (Å²) < 4.78 is 0.244. The van der Waals surface area contributed by atoms with Crippen molar-refractivity contribution in [3.63, 3.8) is 0 Å². The van der Waals surface area contributed by atoms with Gasteiger partial charge < -0.3 is 5.11 Å². The van der Waals surface area contributed by atoms with Crippen molar-refractivity contribution in [2.45, 2.75) is 26.3 Å². The van der Waals surface area contributed by atoms with E-state index in [4.69, 9.17) is 23.8 Å². The second-order valence-electron chi connectivity index (χ2n) is 5.66. The average Bonchev–Trinajstić information content (AvgIpc) is 2.83. The summed E-state index contributed by atoms with van der Waals surface area (Å²) >= 11 is 12.5. The summed E-state index contributed by atoms with van der Waals surface area (Å²) in [5.41, 5.74) is 0.905. The van der Waals surface area contributed by atoms with Crippen LogP contribution in [0.15, 0.2) is 46.3 Å². The summed E-state index contributed by atoms with van der Waals surface area (Å²) in [4.78, 5) is 25.8. The number of aliphatic carboxylic acids is 1. The Hall–Kier alpha value is -1.63. The molecule has 0 aromatic heterocycles. The van der Waals surface area contributed by atoms with Crippen LogP contribution in [0.25, 0.3) is 6.08 Å². The minimum absolute atomic E-state index is 0.213. The van der Waals surface area contributed by atoms with E-state index in [2.05, 4.69) is 0 Å². The van der Waals surface area contributed by atoms with E-state index in [0.717, 1.165) is 17.3 Å². The number of allylic oxidation sites excluding steroid dienone is 2. The number of halogens is 1. The first-order valence-corrected chi connectivity index (χ1v) is 9.37. The van der Waals surface area contributed by atoms with Gasteiger partial charge in [0, 0.05) is 5.03 Å². The molecular formula is C18H18ClNO3S2. The summed E-state index contributed by atoms with van der Waals surface area (Å²) in [6.07, 6.45) is 3.89. The van der Waals surface area contributed by atoms with Gasteiger partial charge in [-0.25, -0.2) is 4.79 Å². The summed E-state index contributed by atoms with van der Waals surface area (Å²) in [5, 5.41) is 9.89. The molecule has 1 aromatic rings. The maximum absolute atomic E-state index is 12.7. The van der Waals surface area contributed by atoms with Crippen molar-refractivity contribution in [2.75, 3.05) is 0 Å². The molecule has 0 radical (unpaired) electrons. The van der Waals surface area contributed by atoms with E-state index in [0.29, 0.717) is 16.4 Å². The van der Waals surface area contributed by atoms with E-state index >= 15 is 0 Å². The number of rotatable bonds is 6. The molecule has 0 saturated carbocycles. The molecule has 1 saturated heterocycles. The zero-order valence-corrected chi connectivity index (χ0v) is 16.2. The van der Waals surface area contributed by atoms with E-state index in [1.807, 2.05) is 37.3 Å². The molecule has 4 nitrogen and oxygen atoms in total. The first-order valence-electron chi connectivity index (χ1n) is 7.77. The van der Waals surface area contributed by atoms with Gasteiger partial charge in [-0.1, -0.05) is 86.2 Å². The third-order valence-electron chi connectivity index (χ3n) is 3.91. The number of hydrogen-bond acceptors (Lipinski definition) is 4. The Bertz CT molecular complexity index is 746. The molecule has 1 N–H and O–H groups in total. The predicted octanol–water partition coefficient (Wildman–Crippen LogP) is 4.51. The molecule has 2 atom stereocenters. The van der Waals surface area contributed by atoms with E-state index in [-0.39, 0.29) is 10.2 Å². The lowest BCUT2D eigenvalue weighted by Gasteiger charge is -2.27. The largest absolute Gasteiger partial charge is 0.480 e. The minimum Gasteiger partial charge on any atom is -0.480 e. The fourth-order valence-corrected chi connectivity index (χ4v) is 4.05. The van der Waals surface area contributed by atoms with Gasteiger partial charge in [-0.05, 0) is 23.6 Å². The molecule has 1 heterocycles. The normalized spacial score (nSPS) is 19.4. The Labute approximate surface area is 161 Å². The molecule has 25 heavy (non-hydrogen) atoms. The second-order valence-corrected chi connectivity index (χ2v) is 7.77. The Kier molecular flexibility index (Phi) is 6.81. The van der Waals surface area contributed by atoms with E-state index in [9.17, 15) is 14.7 Å². The number of carbonyl (C=O) groups is 2. The highest BCUT2D eigenvalue weighted by molar-refractivity contribution is 8.26. The summed E-state index contributed by atoms with van der Waals surface area (Å²) in [5.74, 6) is -1.69. The number of hydrogen-bond donors (Lipinski definition) is 1. The predicted molar refractivity (Wildman–Crippen MR) is 106 cm³/mol. The lowest BCUT2D eigenvalue weighted by Crippen LogP contribution is -2.47. The molecule has 0 bridgehead atoms. The minimum atomic E-state index is -1.06. The standard InChI is InChI=1S/C18H18ClNO3S2/c1-3-11(2)15(17(22)23)20-16(21)14(25-18(20)24)10-13(19)9-12-7-5-4-6-8-12/h4-11,15H,3H2,1-2H3,(H,22,23)/b13-9-,14-10-. The average molecular weight is 396 g/mol. The van der Waals surface area contributed by atoms with Gasteiger partial charge >= 0.3 is 5.97 Å². The van der Waals surface area contributed by atoms with Crippen molar-refractivity contribution in [2.24, 2.45) is 5.92 Å². The highest BCUT2D eigenvalue weighted by Gasteiger charge is 2.42. The van der Waals surface area contributed by atoms with Crippen LogP contribution in [0.3, 0.4) is 0 Å². The molecule has 132 valence electrons. The van der Waals surface area contributed by atoms with Crippen molar-refractivity contribution in [1.82, 2.24) is 4.90 Å². The van der Waals surface area contributed by atoms with Crippen LogP contribution >= 0.6 is 35.6 Å². The third-order valence-corrected chi connectivity index (χ3v) is 5.46. The van der Waals surface area contributed by atoms with Crippen LogP contribution in [0.1, 0.15) is 25.8 Å². The van der Waals surface area contributed by atoms with E-state index in [1.165, 1.54) is 11.0 Å². The van der Waals surface area contributed by atoms with Gasteiger partial charge in [-0.15, -0.1) is 0 Å². The topological polar surface area (TPSA) is 57.6 Å². The van der Waals surface area contributed by atoms with Crippen LogP contribution in [-0.2, 0) is 9.59 Å². The number of thiocarbonyl (C=S) groups is 1. The second kappa shape index (κ2) is 8.65. The van der Waals surface area contributed by atoms with Crippen LogP contribution in [0.5, 0.6) is 0 Å². The molecule has 1 fully saturated rings. The maximum Gasteiger partial charge on any atom is 0.327 e. The molecule has 1 amide bonds. The van der Waals surface area contributed by atoms with Gasteiger partial charge in [-0.2, -0.15) is 0 Å². The van der Waals surface area contributed by atoms with Crippen LogP contribution in [0, 0.1) is 5.92 Å². The number of amides is 1. The lowest BCUT2D eigenvalue weighted by molar-refractivity contribution is -0.147. The Morgan fingerprint density at radius 1 is 1.40 bits per heavy atom. The summed E-state index contributed by atoms with van der Waals surface area (Å²) in [7, 11) is 0. The van der Waals surface area contributed by atoms with E-state index < -0.39 is 17.9 Å². The fourth-order valence-electron chi connectivity index (χ4n) is 2.43. The van der Waals surface area contributed by atoms with Crippen LogP contribution in [-0.4, -0.2) is 32.2 Å². The number of carboxylic acid groups (broad SMARTS) is 1. The molecule has 1 aliphatic heterocycles. The number of carboxylic acids is 1. The number of benzene rings is 1. The quantitative estimate of drug-likeness (QED) is 0.567. The zero-order valence-electron chi connectivity index (χ0n) is 13.8. The summed E-state index contributed by atoms with van der Waals surface area (Å²) in [6, 6.07) is 8.49. The zero-order chi connectivity index (χ0) is 18.6. The Morgan fingerprint density at radius 3 is 2.60 bits per heavy atom. The summed E-state index contributed by atoms with van der Waals surface area (Å²) in [6.45, 7) is 3.68. The molecule has 0 spiro atoms. The van der Waals surface area contributed by atoms with Crippen LogP contribution < -0.4 is 0 Å². The van der Waals surface area contributed by atoms with Gasteiger partial charge in [0.05, 0.1) is 4.91 Å². The van der Waals surface area contributed by atoms with Gasteiger partial charge in [0.2, 0.25) is 0 Å². The molecule has 0 aliphatic carbocycles. The molecule has 2 rings (SSSR count). The molecule has 2 unspecified atom stereocenters. The van der Waals surface area contributed by atoms with Crippen LogP contribution in [0.4, 0.5) is 0 Å². The Morgan fingerprint density at radius 2 is 2.04 bits per heavy atom. The highest BCUT2D eigenvalue weighted by Crippen LogP contribution is 2.36. The Balaban J connectivity index is 2.28. The number of thioether (sulfide) groups is 1. The van der Waals surface area contributed by atoms with Gasteiger partial charge in [0.1, 0.15) is 10.4 Å². The van der Waals surface area contributed by atoms with Crippen molar-refractivity contribution in [1.29, 1.82) is 0 Å². The fraction of sp³-hybridized carbons (Fsp3) is 0.278. The van der Waals surface area contributed by atoms with E-state index in [1.54, 1.807) is 13.0 Å². The van der Waals surface area contributed by atoms with Crippen molar-refractivity contribution >= 4 is 57.9 Å². The maximum atomic E-state index is 12.7. The molecule has 1 aliphatic rings. The smallest absolute Gasteiger partial charge is 0.327 e. The van der Waals surface area contributed by atoms with Crippen molar-refractivity contribution in [3.05, 3.63) is 51.9 Å². The monoisotopic (exact) mass is 395 g/mol. The lowest BCUT2D eigenvalue weighted by atomic mass is 9.98. The first kappa shape index (κ1) is 19.7. The van der Waals surface area contributed by atoms with Gasteiger partial charge in [0.15, 0.2) is 0 Å². The molecule has 7 heteroatoms. The third kappa shape index (κ3) is 4.71. The molecular weight excluding hydrogens is 378 g/mol. The number of carbonyl (C=O) groups excluding carboxylic acids is 1. The SMILES string of the molecule is CCC(C)C(C(=O)O)N1C(=O)/C(=C/C(Cl)=C/c2ccccc2)SC1=S. The highest BCUT2D eigenvalue weighted by atomic mass is 35.5. The van der Waals surface area contributed by atoms with Crippen molar-refractivity contribution in [3.8, 4) is 0 Å².